The van der Waals surface area contributed by atoms with Crippen molar-refractivity contribution in [2.75, 3.05) is 11.5 Å². The highest BCUT2D eigenvalue weighted by Gasteiger charge is 1.91. The second-order valence-corrected chi connectivity index (χ2v) is 2.53. The number of thioether (sulfide) groups is 1. The van der Waals surface area contributed by atoms with Gasteiger partial charge in [-0.15, -0.1) is 11.8 Å². The monoisotopic (exact) mass is 146 g/mol. The molecule has 52 valence electrons. The van der Waals surface area contributed by atoms with E-state index >= 15 is 0 Å². The maximum Gasteiger partial charge on any atom is 0.101 e. The Kier molecular flexibility index (Phi) is 3.87. The fraction of sp³-hybridized carbons (Fsp3) is 0.500. The van der Waals surface area contributed by atoms with Crippen molar-refractivity contribution in [3.05, 3.63) is 0 Å². The molecule has 6 N–H and O–H groups in total. The Morgan fingerprint density at radius 3 is 1.67 bits per heavy atom. The van der Waals surface area contributed by atoms with E-state index in [2.05, 4.69) is 0 Å². The molecule has 0 aliphatic heterocycles. The molecule has 0 amide bonds. The SMILES string of the molecule is N=C(N)CSCC(=N)N. The molecule has 0 aromatic rings. The molecular formula is C4H10N4S. The van der Waals surface area contributed by atoms with E-state index in [0.29, 0.717) is 11.5 Å². The highest BCUT2D eigenvalue weighted by molar-refractivity contribution is 8.00. The van der Waals surface area contributed by atoms with Gasteiger partial charge in [0.15, 0.2) is 0 Å². The summed E-state index contributed by atoms with van der Waals surface area (Å²) in [5.74, 6) is 1.17. The standard InChI is InChI=1S/C4H10N4S/c5-3(6)1-9-2-4(7)8/h1-2H2,(H3,5,6)(H3,7,8). The molecule has 0 saturated heterocycles. The average Bonchev–Trinajstić information content (AvgIpc) is 1.63. The molecule has 0 saturated carbocycles. The van der Waals surface area contributed by atoms with Crippen LogP contribution in [0.25, 0.3) is 0 Å². The smallest absolute Gasteiger partial charge is 0.101 e. The number of amidine groups is 2. The van der Waals surface area contributed by atoms with Crippen LogP contribution in [0.15, 0.2) is 0 Å². The van der Waals surface area contributed by atoms with Gasteiger partial charge in [0, 0.05) is 0 Å². The Bertz CT molecular complexity index is 108. The van der Waals surface area contributed by atoms with Crippen molar-refractivity contribution in [3.8, 4) is 0 Å². The molecule has 4 nitrogen and oxygen atoms in total. The van der Waals surface area contributed by atoms with Gasteiger partial charge in [0.05, 0.1) is 11.5 Å². The summed E-state index contributed by atoms with van der Waals surface area (Å²) in [6.45, 7) is 0. The largest absolute Gasteiger partial charge is 0.387 e. The van der Waals surface area contributed by atoms with Gasteiger partial charge in [-0.3, -0.25) is 10.8 Å². The van der Waals surface area contributed by atoms with E-state index in [-0.39, 0.29) is 11.7 Å². The Balaban J connectivity index is 3.10. The lowest BCUT2D eigenvalue weighted by atomic mass is 10.7. The van der Waals surface area contributed by atoms with Gasteiger partial charge >= 0.3 is 0 Å². The zero-order valence-electron chi connectivity index (χ0n) is 4.98. The molecular weight excluding hydrogens is 136 g/mol. The van der Waals surface area contributed by atoms with Crippen molar-refractivity contribution in [2.45, 2.75) is 0 Å². The summed E-state index contributed by atoms with van der Waals surface area (Å²) in [5, 5.41) is 13.6. The quantitative estimate of drug-likeness (QED) is 0.320. The molecule has 0 atom stereocenters. The normalized spacial score (nSPS) is 8.89. The van der Waals surface area contributed by atoms with E-state index in [1.165, 1.54) is 11.8 Å². The minimum absolute atomic E-state index is 0.126. The fourth-order valence-electron chi connectivity index (χ4n) is 0.271. The van der Waals surface area contributed by atoms with Crippen LogP contribution in [0.2, 0.25) is 0 Å². The molecule has 9 heavy (non-hydrogen) atoms. The van der Waals surface area contributed by atoms with Gasteiger partial charge in [-0.1, -0.05) is 0 Å². The summed E-state index contributed by atoms with van der Waals surface area (Å²) in [6.07, 6.45) is 0. The number of nitrogens with two attached hydrogens (primary N) is 2. The Morgan fingerprint density at radius 1 is 1.11 bits per heavy atom. The zero-order chi connectivity index (χ0) is 7.28. The van der Waals surface area contributed by atoms with Gasteiger partial charge < -0.3 is 11.5 Å². The van der Waals surface area contributed by atoms with E-state index in [4.69, 9.17) is 22.3 Å². The Hall–Kier alpha value is -0.710. The summed E-state index contributed by atoms with van der Waals surface area (Å²) in [7, 11) is 0. The van der Waals surface area contributed by atoms with Crippen molar-refractivity contribution < 1.29 is 0 Å². The second-order valence-electron chi connectivity index (χ2n) is 1.54. The number of hydrogen-bond donors (Lipinski definition) is 4. The van der Waals surface area contributed by atoms with Crippen LogP contribution in [0.1, 0.15) is 0 Å². The van der Waals surface area contributed by atoms with Crippen LogP contribution in [-0.2, 0) is 0 Å². The minimum Gasteiger partial charge on any atom is -0.387 e. The maximum absolute atomic E-state index is 6.78. The van der Waals surface area contributed by atoms with Gasteiger partial charge in [0.25, 0.3) is 0 Å². The van der Waals surface area contributed by atoms with Crippen LogP contribution in [0.5, 0.6) is 0 Å². The van der Waals surface area contributed by atoms with Crippen molar-refractivity contribution in [3.63, 3.8) is 0 Å². The molecule has 0 unspecified atom stereocenters. The molecule has 0 aromatic carbocycles. The molecule has 0 rings (SSSR count). The van der Waals surface area contributed by atoms with Crippen molar-refractivity contribution in [1.82, 2.24) is 0 Å². The Labute approximate surface area is 58.0 Å². The third-order valence-corrected chi connectivity index (χ3v) is 1.55. The third-order valence-electron chi connectivity index (χ3n) is 0.515. The first-order valence-electron chi connectivity index (χ1n) is 2.36. The Morgan fingerprint density at radius 2 is 1.44 bits per heavy atom. The van der Waals surface area contributed by atoms with Crippen LogP contribution in [0.3, 0.4) is 0 Å². The number of nitrogens with one attached hydrogen (secondary N) is 2. The number of rotatable bonds is 4. The topological polar surface area (TPSA) is 99.7 Å². The number of hydrogen-bond acceptors (Lipinski definition) is 3. The fourth-order valence-corrected chi connectivity index (χ4v) is 0.813. The lowest BCUT2D eigenvalue weighted by Gasteiger charge is -1.95. The van der Waals surface area contributed by atoms with E-state index < -0.39 is 0 Å². The van der Waals surface area contributed by atoms with Crippen molar-refractivity contribution in [1.29, 1.82) is 10.8 Å². The molecule has 0 heterocycles. The molecule has 0 bridgehead atoms. The minimum atomic E-state index is 0.126. The molecule has 0 aliphatic carbocycles. The molecule has 0 aliphatic rings. The third kappa shape index (κ3) is 7.29. The van der Waals surface area contributed by atoms with Gasteiger partial charge in [-0.05, 0) is 0 Å². The van der Waals surface area contributed by atoms with Crippen molar-refractivity contribution >= 4 is 23.4 Å². The zero-order valence-corrected chi connectivity index (χ0v) is 5.79. The lowest BCUT2D eigenvalue weighted by molar-refractivity contribution is 1.41. The lowest BCUT2D eigenvalue weighted by Crippen LogP contribution is -2.17. The second kappa shape index (κ2) is 4.20. The van der Waals surface area contributed by atoms with Gasteiger partial charge in [-0.25, -0.2) is 0 Å². The summed E-state index contributed by atoms with van der Waals surface area (Å²) in [6, 6.07) is 0. The molecule has 0 radical (unpaired) electrons. The van der Waals surface area contributed by atoms with E-state index in [1.807, 2.05) is 0 Å². The summed E-state index contributed by atoms with van der Waals surface area (Å²) >= 11 is 1.37. The van der Waals surface area contributed by atoms with Gasteiger partial charge in [0.1, 0.15) is 11.7 Å². The highest BCUT2D eigenvalue weighted by atomic mass is 32.2. The summed E-state index contributed by atoms with van der Waals surface area (Å²) in [4.78, 5) is 0. The van der Waals surface area contributed by atoms with Crippen LogP contribution < -0.4 is 11.5 Å². The van der Waals surface area contributed by atoms with Crippen LogP contribution >= 0.6 is 11.8 Å². The molecule has 0 spiro atoms. The van der Waals surface area contributed by atoms with Crippen LogP contribution in [0, 0.1) is 10.8 Å². The first-order chi connectivity index (χ1) is 4.13. The van der Waals surface area contributed by atoms with E-state index in [1.54, 1.807) is 0 Å². The molecule has 5 heteroatoms. The predicted molar refractivity (Wildman–Crippen MR) is 41.2 cm³/mol. The predicted octanol–water partition coefficient (Wildman–Crippen LogP) is -0.408. The van der Waals surface area contributed by atoms with E-state index in [0.717, 1.165) is 0 Å². The van der Waals surface area contributed by atoms with Crippen LogP contribution in [-0.4, -0.2) is 23.2 Å². The average molecular weight is 146 g/mol. The van der Waals surface area contributed by atoms with E-state index in [9.17, 15) is 0 Å². The summed E-state index contributed by atoms with van der Waals surface area (Å²) in [5.41, 5.74) is 10.1. The summed E-state index contributed by atoms with van der Waals surface area (Å²) < 4.78 is 0. The van der Waals surface area contributed by atoms with Gasteiger partial charge in [0.2, 0.25) is 0 Å². The highest BCUT2D eigenvalue weighted by Crippen LogP contribution is 1.95. The van der Waals surface area contributed by atoms with Crippen LogP contribution in [0.4, 0.5) is 0 Å². The first kappa shape index (κ1) is 8.29. The maximum atomic E-state index is 6.78. The first-order valence-corrected chi connectivity index (χ1v) is 3.52. The van der Waals surface area contributed by atoms with Crippen molar-refractivity contribution in [2.24, 2.45) is 11.5 Å². The van der Waals surface area contributed by atoms with Gasteiger partial charge in [-0.2, -0.15) is 0 Å². The molecule has 0 aromatic heterocycles. The molecule has 0 fully saturated rings.